The minimum atomic E-state index is 0.424. The monoisotopic (exact) mass is 742 g/mol. The summed E-state index contributed by atoms with van der Waals surface area (Å²) in [5.41, 5.74) is 15.7. The predicted octanol–water partition coefficient (Wildman–Crippen LogP) is 15.5. The molecule has 1 unspecified atom stereocenters. The molecule has 0 heteroatoms. The van der Waals surface area contributed by atoms with Gasteiger partial charge in [0.05, 0.1) is 0 Å². The molecule has 0 fully saturated rings. The van der Waals surface area contributed by atoms with E-state index < -0.39 is 0 Å². The Morgan fingerprint density at radius 2 is 1.38 bits per heavy atom. The Hall–Kier alpha value is -7.02. The molecule has 0 spiro atoms. The van der Waals surface area contributed by atoms with E-state index in [0.29, 0.717) is 5.92 Å². The van der Waals surface area contributed by atoms with Gasteiger partial charge in [-0.1, -0.05) is 214 Å². The van der Waals surface area contributed by atoms with Crippen LogP contribution in [0.1, 0.15) is 41.2 Å². The van der Waals surface area contributed by atoms with Crippen molar-refractivity contribution in [3.05, 3.63) is 264 Å². The van der Waals surface area contributed by atoms with Crippen molar-refractivity contribution in [3.8, 4) is 22.3 Å². The third-order valence-corrected chi connectivity index (χ3v) is 11.6. The minimum Gasteiger partial charge on any atom is -0.0905 e. The molecule has 2 aliphatic rings. The molecule has 0 aromatic heterocycles. The van der Waals surface area contributed by atoms with Crippen LogP contribution in [0.25, 0.3) is 54.9 Å². The van der Waals surface area contributed by atoms with Crippen molar-refractivity contribution in [2.75, 3.05) is 0 Å². The van der Waals surface area contributed by atoms with Gasteiger partial charge in [-0.25, -0.2) is 0 Å². The van der Waals surface area contributed by atoms with Gasteiger partial charge in [0.15, 0.2) is 0 Å². The van der Waals surface area contributed by atoms with Crippen molar-refractivity contribution in [2.24, 2.45) is 5.92 Å². The van der Waals surface area contributed by atoms with Crippen LogP contribution in [0.4, 0.5) is 0 Å². The fourth-order valence-electron chi connectivity index (χ4n) is 8.44. The highest BCUT2D eigenvalue weighted by Gasteiger charge is 2.18. The SMILES string of the molecule is C=C(c1ccc2c(C/C=C\C=C3\C=CC=CC3C)ccc(-c3cccc(-c4ccc5ccccc5c4)c3)c2c1)c1ccccc1/C(=C1/C=CC=CC1)c1ccccc1. The van der Waals surface area contributed by atoms with E-state index in [1.54, 1.807) is 0 Å². The summed E-state index contributed by atoms with van der Waals surface area (Å²) in [7, 11) is 0. The first-order valence-electron chi connectivity index (χ1n) is 20.4. The maximum atomic E-state index is 4.82. The van der Waals surface area contributed by atoms with Crippen LogP contribution in [-0.2, 0) is 6.42 Å². The topological polar surface area (TPSA) is 0 Å². The zero-order valence-electron chi connectivity index (χ0n) is 33.0. The van der Waals surface area contributed by atoms with Gasteiger partial charge < -0.3 is 0 Å². The van der Waals surface area contributed by atoms with Crippen molar-refractivity contribution >= 4 is 32.7 Å². The standard InChI is InChI=1S/C58H46/c1-41-18-9-10-19-43(41)20-11-13-22-45-34-36-55(52-29-17-28-50(39-52)51-33-32-44-21-12-14-27-49(44)38-51)57-40-48(35-37-54(45)57)42(2)53-30-15-16-31-56(53)58(46-23-5-3-6-24-46)47-25-7-4-8-26-47/h3-21,23-25,27-41H,2,22,26H2,1H3/b13-11-,43-20-,58-47-. The molecule has 9 rings (SSSR count). The number of fused-ring (bicyclic) bond motifs is 2. The summed E-state index contributed by atoms with van der Waals surface area (Å²) < 4.78 is 0. The van der Waals surface area contributed by atoms with Gasteiger partial charge in [0.25, 0.3) is 0 Å². The fourth-order valence-corrected chi connectivity index (χ4v) is 8.44. The molecule has 278 valence electrons. The highest BCUT2D eigenvalue weighted by atomic mass is 14.2. The third-order valence-electron chi connectivity index (χ3n) is 11.6. The van der Waals surface area contributed by atoms with Crippen LogP contribution in [0, 0.1) is 5.92 Å². The predicted molar refractivity (Wildman–Crippen MR) is 251 cm³/mol. The number of hydrogen-bond donors (Lipinski definition) is 0. The molecule has 0 heterocycles. The molecule has 0 aliphatic heterocycles. The maximum Gasteiger partial charge on any atom is -0.000732 e. The lowest BCUT2D eigenvalue weighted by atomic mass is 9.84. The molecule has 0 radical (unpaired) electrons. The largest absolute Gasteiger partial charge is 0.0905 e. The van der Waals surface area contributed by atoms with E-state index in [2.05, 4.69) is 225 Å². The normalized spacial score (nSPS) is 16.5. The first-order chi connectivity index (χ1) is 28.6. The number of rotatable bonds is 9. The van der Waals surface area contributed by atoms with E-state index in [-0.39, 0.29) is 0 Å². The summed E-state index contributed by atoms with van der Waals surface area (Å²) in [4.78, 5) is 0. The Balaban J connectivity index is 1.15. The quantitative estimate of drug-likeness (QED) is 0.138. The summed E-state index contributed by atoms with van der Waals surface area (Å²) in [5, 5.41) is 4.99. The molecule has 0 nitrogen and oxygen atoms in total. The molecular weight excluding hydrogens is 697 g/mol. The van der Waals surface area contributed by atoms with Crippen molar-refractivity contribution in [3.63, 3.8) is 0 Å². The van der Waals surface area contributed by atoms with E-state index in [1.807, 2.05) is 0 Å². The number of allylic oxidation sites excluding steroid dienone is 13. The van der Waals surface area contributed by atoms with Gasteiger partial charge in [0, 0.05) is 0 Å². The number of hydrogen-bond acceptors (Lipinski definition) is 0. The van der Waals surface area contributed by atoms with E-state index in [9.17, 15) is 0 Å². The summed E-state index contributed by atoms with van der Waals surface area (Å²) in [6.45, 7) is 7.06. The van der Waals surface area contributed by atoms with Crippen LogP contribution < -0.4 is 0 Å². The Bertz CT molecular complexity index is 2900. The van der Waals surface area contributed by atoms with Crippen LogP contribution in [0.2, 0.25) is 0 Å². The summed E-state index contributed by atoms with van der Waals surface area (Å²) in [6.07, 6.45) is 26.0. The lowest BCUT2D eigenvalue weighted by Gasteiger charge is -2.20. The van der Waals surface area contributed by atoms with Crippen molar-refractivity contribution < 1.29 is 0 Å². The summed E-state index contributed by atoms with van der Waals surface area (Å²) in [6, 6.07) is 55.5. The van der Waals surface area contributed by atoms with Crippen molar-refractivity contribution in [1.29, 1.82) is 0 Å². The molecule has 7 aromatic carbocycles. The summed E-state index contributed by atoms with van der Waals surface area (Å²) >= 11 is 0. The molecule has 0 saturated heterocycles. The molecule has 7 aromatic rings. The van der Waals surface area contributed by atoms with Gasteiger partial charge in [0.1, 0.15) is 0 Å². The first kappa shape index (κ1) is 36.6. The average Bonchev–Trinajstić information content (AvgIpc) is 3.29. The van der Waals surface area contributed by atoms with Crippen LogP contribution in [-0.4, -0.2) is 0 Å². The number of benzene rings is 7. The van der Waals surface area contributed by atoms with Gasteiger partial charge in [-0.15, -0.1) is 0 Å². The molecule has 2 aliphatic carbocycles. The van der Waals surface area contributed by atoms with E-state index >= 15 is 0 Å². The second-order valence-electron chi connectivity index (χ2n) is 15.3. The fraction of sp³-hybridized carbons (Fsp3) is 0.0690. The molecule has 1 atom stereocenters. The van der Waals surface area contributed by atoms with Gasteiger partial charge in [-0.3, -0.25) is 0 Å². The Labute approximate surface area is 343 Å². The Kier molecular flexibility index (Phi) is 10.5. The van der Waals surface area contributed by atoms with E-state index in [4.69, 9.17) is 6.58 Å². The average molecular weight is 743 g/mol. The highest BCUT2D eigenvalue weighted by molar-refractivity contribution is 6.02. The van der Waals surface area contributed by atoms with Gasteiger partial charge in [0.2, 0.25) is 0 Å². The molecule has 0 saturated carbocycles. The second kappa shape index (κ2) is 16.6. The first-order valence-corrected chi connectivity index (χ1v) is 20.4. The van der Waals surface area contributed by atoms with Crippen LogP contribution >= 0.6 is 0 Å². The summed E-state index contributed by atoms with van der Waals surface area (Å²) in [5.74, 6) is 0.424. The molecule has 0 bridgehead atoms. The minimum absolute atomic E-state index is 0.424. The van der Waals surface area contributed by atoms with E-state index in [1.165, 1.54) is 77.2 Å². The van der Waals surface area contributed by atoms with Gasteiger partial charge >= 0.3 is 0 Å². The van der Waals surface area contributed by atoms with Gasteiger partial charge in [-0.2, -0.15) is 0 Å². The zero-order chi connectivity index (χ0) is 39.3. The zero-order valence-corrected chi connectivity index (χ0v) is 33.0. The molecule has 0 N–H and O–H groups in total. The molecular formula is C58H46. The second-order valence-corrected chi connectivity index (χ2v) is 15.3. The van der Waals surface area contributed by atoms with Crippen molar-refractivity contribution in [2.45, 2.75) is 19.8 Å². The van der Waals surface area contributed by atoms with Crippen LogP contribution in [0.5, 0.6) is 0 Å². The van der Waals surface area contributed by atoms with Gasteiger partial charge in [-0.05, 0) is 131 Å². The molecule has 0 amide bonds. The maximum absolute atomic E-state index is 4.82. The Morgan fingerprint density at radius 1 is 0.603 bits per heavy atom. The van der Waals surface area contributed by atoms with Crippen LogP contribution in [0.3, 0.4) is 0 Å². The van der Waals surface area contributed by atoms with Crippen LogP contribution in [0.15, 0.2) is 236 Å². The lowest BCUT2D eigenvalue weighted by molar-refractivity contribution is 0.883. The van der Waals surface area contributed by atoms with E-state index in [0.717, 1.165) is 29.5 Å². The molecule has 58 heavy (non-hydrogen) atoms. The lowest BCUT2D eigenvalue weighted by Crippen LogP contribution is -2.00. The van der Waals surface area contributed by atoms with Crippen molar-refractivity contribution in [1.82, 2.24) is 0 Å². The highest BCUT2D eigenvalue weighted by Crippen LogP contribution is 2.40. The third kappa shape index (κ3) is 7.58. The smallest absolute Gasteiger partial charge is 0.000732 e. The Morgan fingerprint density at radius 3 is 2.22 bits per heavy atom.